The van der Waals surface area contributed by atoms with Gasteiger partial charge >= 0.3 is 0 Å². The summed E-state index contributed by atoms with van der Waals surface area (Å²) in [6.07, 6.45) is 3.48. The summed E-state index contributed by atoms with van der Waals surface area (Å²) in [4.78, 5) is 13.3. The molecular formula is C16H12I2N5PS. The van der Waals surface area contributed by atoms with Gasteiger partial charge in [-0.3, -0.25) is 0 Å². The number of anilines is 1. The molecule has 4 heterocycles. The fraction of sp³-hybridized carbons (Fsp3) is 0.188. The number of aryl methyl sites for hydroxylation is 2. The van der Waals surface area contributed by atoms with Gasteiger partial charge in [-0.1, -0.05) is 0 Å². The first-order valence-electron chi connectivity index (χ1n) is 7.53. The highest BCUT2D eigenvalue weighted by molar-refractivity contribution is 14.3. The summed E-state index contributed by atoms with van der Waals surface area (Å²) in [7, 11) is 0. The van der Waals surface area contributed by atoms with E-state index in [0.717, 1.165) is 53.1 Å². The van der Waals surface area contributed by atoms with Crippen molar-refractivity contribution in [2.75, 3.05) is 5.73 Å². The van der Waals surface area contributed by atoms with Gasteiger partial charge < -0.3 is 10.3 Å². The molecule has 25 heavy (non-hydrogen) atoms. The largest absolute Gasteiger partial charge is 0.383 e. The van der Waals surface area contributed by atoms with Crippen molar-refractivity contribution in [3.05, 3.63) is 35.9 Å². The Morgan fingerprint density at radius 3 is 3.00 bits per heavy atom. The van der Waals surface area contributed by atoms with Crippen LogP contribution < -0.4 is 5.73 Å². The number of rotatable bonds is 1. The predicted molar refractivity (Wildman–Crippen MR) is 123 cm³/mol. The van der Waals surface area contributed by atoms with Gasteiger partial charge in [-0.15, -0.1) is 0 Å². The molecule has 5 nitrogen and oxygen atoms in total. The van der Waals surface area contributed by atoms with Gasteiger partial charge in [0.1, 0.15) is 23.5 Å². The van der Waals surface area contributed by atoms with E-state index >= 15 is 0 Å². The van der Waals surface area contributed by atoms with E-state index in [0.29, 0.717) is 5.82 Å². The summed E-state index contributed by atoms with van der Waals surface area (Å²) in [5.41, 5.74) is 11.1. The number of nitrogens with two attached hydrogens (primary N) is 1. The Morgan fingerprint density at radius 1 is 1.28 bits per heavy atom. The molecule has 1 aliphatic heterocycles. The van der Waals surface area contributed by atoms with Crippen LogP contribution in [0, 0.1) is 11.2 Å². The number of nitrogen functional groups attached to an aromatic ring is 1. The first kappa shape index (κ1) is 17.8. The summed E-state index contributed by atoms with van der Waals surface area (Å²) < 4.78 is 2.09. The van der Waals surface area contributed by atoms with Crippen LogP contribution in [0.3, 0.4) is 0 Å². The SMILES string of the molecule is Nc1ncnc2c1cc1n2CCCc2nc(C#CSP(I)I)ccc2-1. The maximum atomic E-state index is 6.03. The Bertz CT molecular complexity index is 1020. The third-order valence-corrected chi connectivity index (χ3v) is 8.62. The lowest BCUT2D eigenvalue weighted by Gasteiger charge is -2.07. The topological polar surface area (TPSA) is 69.6 Å². The first-order valence-corrected chi connectivity index (χ1v) is 15.9. The van der Waals surface area contributed by atoms with Crippen LogP contribution in [0.15, 0.2) is 24.5 Å². The first-order chi connectivity index (χ1) is 12.1. The molecule has 4 rings (SSSR count). The van der Waals surface area contributed by atoms with Crippen LogP contribution in [-0.4, -0.2) is 19.5 Å². The Morgan fingerprint density at radius 2 is 2.16 bits per heavy atom. The summed E-state index contributed by atoms with van der Waals surface area (Å²) in [6, 6.07) is 6.20. The second-order valence-corrected chi connectivity index (χ2v) is 23.2. The molecule has 0 aliphatic carbocycles. The predicted octanol–water partition coefficient (Wildman–Crippen LogP) is 5.16. The van der Waals surface area contributed by atoms with Crippen molar-refractivity contribution in [3.63, 3.8) is 0 Å². The summed E-state index contributed by atoms with van der Waals surface area (Å²) in [5, 5.41) is 4.06. The van der Waals surface area contributed by atoms with E-state index in [-0.39, 0.29) is 2.41 Å². The molecule has 1 aliphatic rings. The van der Waals surface area contributed by atoms with Crippen molar-refractivity contribution < 1.29 is 0 Å². The zero-order valence-electron chi connectivity index (χ0n) is 12.9. The van der Waals surface area contributed by atoms with E-state index in [9.17, 15) is 0 Å². The van der Waals surface area contributed by atoms with Crippen molar-refractivity contribution in [3.8, 4) is 22.4 Å². The van der Waals surface area contributed by atoms with Gasteiger partial charge in [-0.2, -0.15) is 0 Å². The van der Waals surface area contributed by atoms with E-state index in [1.54, 1.807) is 11.4 Å². The van der Waals surface area contributed by atoms with E-state index in [1.165, 1.54) is 6.33 Å². The van der Waals surface area contributed by atoms with Crippen LogP contribution in [0.2, 0.25) is 0 Å². The lowest BCUT2D eigenvalue weighted by atomic mass is 10.1. The number of hydrogen-bond donors (Lipinski definition) is 1. The second kappa shape index (κ2) is 7.55. The Kier molecular flexibility index (Phi) is 5.36. The molecule has 0 saturated carbocycles. The molecule has 0 amide bonds. The van der Waals surface area contributed by atoms with E-state index < -0.39 is 0 Å². The smallest absolute Gasteiger partial charge is 0.145 e. The highest BCUT2D eigenvalue weighted by Crippen LogP contribution is 2.64. The number of nitrogens with zero attached hydrogens (tertiary/aromatic N) is 4. The van der Waals surface area contributed by atoms with Crippen LogP contribution in [0.1, 0.15) is 17.8 Å². The van der Waals surface area contributed by atoms with Gasteiger partial charge in [0.15, 0.2) is 0 Å². The molecule has 126 valence electrons. The van der Waals surface area contributed by atoms with E-state index in [1.807, 2.05) is 6.07 Å². The third-order valence-electron chi connectivity index (χ3n) is 4.06. The average molecular weight is 591 g/mol. The van der Waals surface area contributed by atoms with Crippen LogP contribution in [0.4, 0.5) is 5.82 Å². The molecule has 0 fully saturated rings. The summed E-state index contributed by atoms with van der Waals surface area (Å²) in [6.45, 7) is 0.899. The number of aromatic nitrogens is 4. The van der Waals surface area contributed by atoms with Crippen LogP contribution in [-0.2, 0) is 13.0 Å². The lowest BCUT2D eigenvalue weighted by molar-refractivity contribution is 0.670. The minimum atomic E-state index is -0.133. The fourth-order valence-electron chi connectivity index (χ4n) is 3.04. The Hall–Kier alpha value is -0.630. The number of halogens is 2. The third kappa shape index (κ3) is 3.61. The lowest BCUT2D eigenvalue weighted by Crippen LogP contribution is -2.00. The van der Waals surface area contributed by atoms with E-state index in [4.69, 9.17) is 10.7 Å². The minimum absolute atomic E-state index is 0.133. The molecule has 3 aromatic rings. The van der Waals surface area contributed by atoms with Crippen molar-refractivity contribution in [2.24, 2.45) is 0 Å². The quantitative estimate of drug-likeness (QED) is 0.241. The fourth-order valence-corrected chi connectivity index (χ4v) is 5.38. The summed E-state index contributed by atoms with van der Waals surface area (Å²) >= 11 is 6.47. The van der Waals surface area contributed by atoms with Crippen molar-refractivity contribution >= 4 is 74.7 Å². The normalized spacial score (nSPS) is 13.1. The van der Waals surface area contributed by atoms with Gasteiger partial charge in [0.25, 0.3) is 0 Å². The molecule has 0 bridgehead atoms. The number of hydrogen-bond acceptors (Lipinski definition) is 5. The van der Waals surface area contributed by atoms with E-state index in [2.05, 4.69) is 81.9 Å². The molecule has 9 heteroatoms. The standard InChI is InChI=1S/C16H12I2N5PS/c17-24(18)25-7-5-10-3-4-11-13(22-10)2-1-6-23-14(11)8-12-15(19)20-9-21-16(12)23/h3-4,8-9H,1-2,6H2,(H2,19,20,21). The molecule has 0 saturated heterocycles. The minimum Gasteiger partial charge on any atom is -0.383 e. The van der Waals surface area contributed by atoms with Gasteiger partial charge in [0.2, 0.25) is 0 Å². The number of pyridine rings is 1. The highest BCUT2D eigenvalue weighted by atomic mass is 127. The Labute approximate surface area is 176 Å². The molecule has 0 radical (unpaired) electrons. The van der Waals surface area contributed by atoms with Crippen LogP contribution >= 0.6 is 57.9 Å². The maximum absolute atomic E-state index is 6.03. The maximum Gasteiger partial charge on any atom is 0.145 e. The van der Waals surface area contributed by atoms with Crippen LogP contribution in [0.25, 0.3) is 22.3 Å². The molecule has 0 aromatic carbocycles. The molecular weight excluding hydrogens is 579 g/mol. The van der Waals surface area contributed by atoms with Crippen molar-refractivity contribution in [2.45, 2.75) is 19.4 Å². The summed E-state index contributed by atoms with van der Waals surface area (Å²) in [5.74, 6) is 3.69. The van der Waals surface area contributed by atoms with Gasteiger partial charge in [0, 0.05) is 12.1 Å². The zero-order chi connectivity index (χ0) is 17.4. The highest BCUT2D eigenvalue weighted by Gasteiger charge is 2.20. The monoisotopic (exact) mass is 591 g/mol. The zero-order valence-corrected chi connectivity index (χ0v) is 18.9. The second-order valence-electron chi connectivity index (χ2n) is 5.49. The van der Waals surface area contributed by atoms with Gasteiger partial charge in [0.05, 0.1) is 19.2 Å². The Balaban J connectivity index is 1.81. The van der Waals surface area contributed by atoms with Gasteiger partial charge in [-0.25, -0.2) is 15.0 Å². The molecule has 0 atom stereocenters. The number of fused-ring (bicyclic) bond motifs is 5. The van der Waals surface area contributed by atoms with Gasteiger partial charge in [-0.05, 0) is 97.7 Å². The van der Waals surface area contributed by atoms with Crippen LogP contribution in [0.5, 0.6) is 0 Å². The molecule has 0 spiro atoms. The molecule has 0 unspecified atom stereocenters. The molecule has 3 aromatic heterocycles. The molecule has 2 N–H and O–H groups in total. The van der Waals surface area contributed by atoms with Crippen molar-refractivity contribution in [1.29, 1.82) is 0 Å². The van der Waals surface area contributed by atoms with Crippen molar-refractivity contribution in [1.82, 2.24) is 19.5 Å². The average Bonchev–Trinajstić information content (AvgIpc) is 2.86.